The largest absolute Gasteiger partial charge is 0.573 e. The Kier molecular flexibility index (Phi) is 3.07. The van der Waals surface area contributed by atoms with Crippen LogP contribution in [0.4, 0.5) is 23.2 Å². The number of halogens is 5. The molecule has 2 N–H and O–H groups in total. The number of hydrogen-bond acceptors (Lipinski definition) is 2. The molecular formula is C7H4F4INO. The third-order valence-corrected chi connectivity index (χ3v) is 2.41. The van der Waals surface area contributed by atoms with E-state index in [0.29, 0.717) is 0 Å². The molecule has 0 saturated carbocycles. The maximum Gasteiger partial charge on any atom is 0.573 e. The summed E-state index contributed by atoms with van der Waals surface area (Å²) in [6.07, 6.45) is -4.82. The zero-order chi connectivity index (χ0) is 10.9. The highest BCUT2D eigenvalue weighted by Gasteiger charge is 2.32. The van der Waals surface area contributed by atoms with Crippen molar-refractivity contribution in [3.63, 3.8) is 0 Å². The van der Waals surface area contributed by atoms with Crippen molar-refractivity contribution in [2.45, 2.75) is 6.36 Å². The molecule has 0 radical (unpaired) electrons. The van der Waals surface area contributed by atoms with Gasteiger partial charge in [-0.3, -0.25) is 0 Å². The molecule has 0 aliphatic carbocycles. The third kappa shape index (κ3) is 2.63. The molecule has 0 aromatic heterocycles. The maximum absolute atomic E-state index is 12.8. The van der Waals surface area contributed by atoms with E-state index < -0.39 is 17.9 Å². The highest BCUT2D eigenvalue weighted by molar-refractivity contribution is 14.1. The lowest BCUT2D eigenvalue weighted by Crippen LogP contribution is -2.18. The first-order chi connectivity index (χ1) is 6.31. The first-order valence-electron chi connectivity index (χ1n) is 3.30. The molecule has 0 aliphatic heterocycles. The highest BCUT2D eigenvalue weighted by atomic mass is 127. The summed E-state index contributed by atoms with van der Waals surface area (Å²) in [6, 6.07) is 1.69. The van der Waals surface area contributed by atoms with Crippen LogP contribution in [0.1, 0.15) is 0 Å². The van der Waals surface area contributed by atoms with Crippen LogP contribution < -0.4 is 10.5 Å². The van der Waals surface area contributed by atoms with Gasteiger partial charge in [-0.25, -0.2) is 4.39 Å². The molecule has 0 amide bonds. The van der Waals surface area contributed by atoms with Crippen molar-refractivity contribution in [2.24, 2.45) is 0 Å². The summed E-state index contributed by atoms with van der Waals surface area (Å²) in [5.74, 6) is -1.28. The molecule has 78 valence electrons. The van der Waals surface area contributed by atoms with E-state index in [1.807, 2.05) is 0 Å². The van der Waals surface area contributed by atoms with Gasteiger partial charge in [0, 0.05) is 0 Å². The standard InChI is InChI=1S/C7H4F4INO/c8-3-1-2-4(6(13)5(3)12)14-7(9,10)11/h1-2H,13H2. The number of anilines is 1. The Bertz CT molecular complexity index is 352. The fourth-order valence-electron chi connectivity index (χ4n) is 0.762. The first-order valence-corrected chi connectivity index (χ1v) is 4.38. The molecule has 0 fully saturated rings. The normalized spacial score (nSPS) is 11.5. The molecule has 2 nitrogen and oxygen atoms in total. The lowest BCUT2D eigenvalue weighted by Gasteiger charge is -2.11. The summed E-state index contributed by atoms with van der Waals surface area (Å²) >= 11 is 1.50. The molecule has 7 heteroatoms. The SMILES string of the molecule is Nc1c(OC(F)(F)F)ccc(F)c1I. The Balaban J connectivity index is 3.06. The number of nitrogen functional groups attached to an aromatic ring is 1. The van der Waals surface area contributed by atoms with E-state index >= 15 is 0 Å². The lowest BCUT2D eigenvalue weighted by atomic mass is 10.3. The Morgan fingerprint density at radius 2 is 1.86 bits per heavy atom. The minimum Gasteiger partial charge on any atom is -0.404 e. The average Bonchev–Trinajstić information content (AvgIpc) is 2.04. The number of hydrogen-bond donors (Lipinski definition) is 1. The van der Waals surface area contributed by atoms with Crippen LogP contribution in [0.5, 0.6) is 5.75 Å². The molecular weight excluding hydrogens is 317 g/mol. The smallest absolute Gasteiger partial charge is 0.404 e. The van der Waals surface area contributed by atoms with E-state index in [4.69, 9.17) is 5.73 Å². The van der Waals surface area contributed by atoms with Gasteiger partial charge in [-0.15, -0.1) is 13.2 Å². The van der Waals surface area contributed by atoms with Crippen molar-refractivity contribution >= 4 is 28.3 Å². The van der Waals surface area contributed by atoms with Crippen LogP contribution in [0.15, 0.2) is 12.1 Å². The fraction of sp³-hybridized carbons (Fsp3) is 0.143. The Morgan fingerprint density at radius 1 is 1.29 bits per heavy atom. The summed E-state index contributed by atoms with van der Waals surface area (Å²) in [7, 11) is 0. The predicted molar refractivity (Wildman–Crippen MR) is 50.2 cm³/mol. The van der Waals surface area contributed by atoms with Crippen LogP contribution in [0.3, 0.4) is 0 Å². The van der Waals surface area contributed by atoms with E-state index in [1.165, 1.54) is 22.6 Å². The molecule has 0 atom stereocenters. The molecule has 0 bridgehead atoms. The van der Waals surface area contributed by atoms with E-state index in [1.54, 1.807) is 0 Å². The molecule has 0 unspecified atom stereocenters. The molecule has 1 rings (SSSR count). The fourth-order valence-corrected chi connectivity index (χ4v) is 1.21. The first kappa shape index (κ1) is 11.3. The van der Waals surface area contributed by atoms with Crippen LogP contribution in [0.2, 0.25) is 0 Å². The quantitative estimate of drug-likeness (QED) is 0.490. The molecule has 1 aromatic carbocycles. The monoisotopic (exact) mass is 321 g/mol. The highest BCUT2D eigenvalue weighted by Crippen LogP contribution is 2.32. The van der Waals surface area contributed by atoms with Gasteiger partial charge >= 0.3 is 6.36 Å². The lowest BCUT2D eigenvalue weighted by molar-refractivity contribution is -0.274. The number of nitrogens with two attached hydrogens (primary N) is 1. The van der Waals surface area contributed by atoms with Gasteiger partial charge in [0.15, 0.2) is 5.75 Å². The summed E-state index contributed by atoms with van der Waals surface area (Å²) in [6.45, 7) is 0. The van der Waals surface area contributed by atoms with Crippen LogP contribution in [0, 0.1) is 9.39 Å². The van der Waals surface area contributed by atoms with E-state index in [2.05, 4.69) is 4.74 Å². The number of rotatable bonds is 1. The zero-order valence-electron chi connectivity index (χ0n) is 6.53. The van der Waals surface area contributed by atoms with Gasteiger partial charge in [-0.1, -0.05) is 0 Å². The summed E-state index contributed by atoms with van der Waals surface area (Å²) < 4.78 is 51.6. The van der Waals surface area contributed by atoms with Crippen LogP contribution in [-0.4, -0.2) is 6.36 Å². The van der Waals surface area contributed by atoms with Crippen LogP contribution in [-0.2, 0) is 0 Å². The van der Waals surface area contributed by atoms with Gasteiger partial charge in [0.1, 0.15) is 5.82 Å². The number of benzene rings is 1. The zero-order valence-corrected chi connectivity index (χ0v) is 8.69. The van der Waals surface area contributed by atoms with E-state index in [9.17, 15) is 17.6 Å². The molecule has 14 heavy (non-hydrogen) atoms. The topological polar surface area (TPSA) is 35.2 Å². The second-order valence-corrected chi connectivity index (χ2v) is 3.40. The Morgan fingerprint density at radius 3 is 2.36 bits per heavy atom. The second-order valence-electron chi connectivity index (χ2n) is 2.32. The number of alkyl halides is 3. The molecule has 0 aliphatic rings. The van der Waals surface area contributed by atoms with Crippen molar-refractivity contribution < 1.29 is 22.3 Å². The average molecular weight is 321 g/mol. The van der Waals surface area contributed by atoms with Crippen molar-refractivity contribution in [3.05, 3.63) is 21.5 Å². The molecule has 1 aromatic rings. The van der Waals surface area contributed by atoms with E-state index in [0.717, 1.165) is 12.1 Å². The van der Waals surface area contributed by atoms with Crippen molar-refractivity contribution in [3.8, 4) is 5.75 Å². The van der Waals surface area contributed by atoms with Gasteiger partial charge in [-0.05, 0) is 34.7 Å². The van der Waals surface area contributed by atoms with Gasteiger partial charge in [-0.2, -0.15) is 0 Å². The maximum atomic E-state index is 12.8. The van der Waals surface area contributed by atoms with Crippen LogP contribution in [0.25, 0.3) is 0 Å². The van der Waals surface area contributed by atoms with Gasteiger partial charge in [0.2, 0.25) is 0 Å². The van der Waals surface area contributed by atoms with Crippen molar-refractivity contribution in [2.75, 3.05) is 5.73 Å². The summed E-state index contributed by atoms with van der Waals surface area (Å²) in [5.41, 5.74) is 4.86. The minimum absolute atomic E-state index is 0.0932. The van der Waals surface area contributed by atoms with Gasteiger partial charge in [0.25, 0.3) is 0 Å². The molecule has 0 spiro atoms. The molecule has 0 heterocycles. The summed E-state index contributed by atoms with van der Waals surface area (Å²) in [4.78, 5) is 0. The summed E-state index contributed by atoms with van der Waals surface area (Å²) in [5, 5.41) is 0. The number of ether oxygens (including phenoxy) is 1. The predicted octanol–water partition coefficient (Wildman–Crippen LogP) is 2.91. The second kappa shape index (κ2) is 3.79. The van der Waals surface area contributed by atoms with Crippen LogP contribution >= 0.6 is 22.6 Å². The Labute approximate surface area is 90.2 Å². The Hall–Kier alpha value is -0.730. The van der Waals surface area contributed by atoms with E-state index in [-0.39, 0.29) is 9.26 Å². The van der Waals surface area contributed by atoms with Crippen molar-refractivity contribution in [1.82, 2.24) is 0 Å². The third-order valence-electron chi connectivity index (χ3n) is 1.32. The van der Waals surface area contributed by atoms with Gasteiger partial charge < -0.3 is 10.5 Å². The minimum atomic E-state index is -4.82. The molecule has 0 saturated heterocycles. The van der Waals surface area contributed by atoms with Gasteiger partial charge in [0.05, 0.1) is 9.26 Å². The van der Waals surface area contributed by atoms with Crippen molar-refractivity contribution in [1.29, 1.82) is 0 Å².